The normalized spacial score (nSPS) is 23.2. The number of nitriles is 1. The van der Waals surface area contributed by atoms with Gasteiger partial charge in [0, 0.05) is 44.4 Å². The molecule has 0 saturated carbocycles. The topological polar surface area (TPSA) is 85.1 Å². The summed E-state index contributed by atoms with van der Waals surface area (Å²) in [6, 6.07) is 12.7. The number of aliphatic hydroxyl groups is 1. The van der Waals surface area contributed by atoms with Gasteiger partial charge in [0.25, 0.3) is 0 Å². The third kappa shape index (κ3) is 6.58. The van der Waals surface area contributed by atoms with Crippen molar-refractivity contribution in [3.63, 3.8) is 0 Å². The molecular formula is C27H33N5O. The maximum atomic E-state index is 9.99. The Balaban J connectivity index is 1.33. The summed E-state index contributed by atoms with van der Waals surface area (Å²) in [6.07, 6.45) is 12.6. The van der Waals surface area contributed by atoms with Crippen LogP contribution in [0.5, 0.6) is 0 Å². The van der Waals surface area contributed by atoms with Crippen molar-refractivity contribution in [3.05, 3.63) is 71.7 Å². The molecule has 4 rings (SSSR count). The Bertz CT molecular complexity index is 1050. The van der Waals surface area contributed by atoms with E-state index in [0.29, 0.717) is 6.42 Å². The molecule has 1 aliphatic heterocycles. The second kappa shape index (κ2) is 10.8. The number of nitrogens with one attached hydrogen (secondary N) is 1. The first-order chi connectivity index (χ1) is 16.0. The van der Waals surface area contributed by atoms with Gasteiger partial charge in [-0.1, -0.05) is 42.0 Å². The minimum atomic E-state index is -0.697. The van der Waals surface area contributed by atoms with Crippen molar-refractivity contribution in [3.8, 4) is 17.3 Å². The first kappa shape index (κ1) is 23.3. The molecule has 1 aromatic carbocycles. The molecule has 2 heterocycles. The molecule has 1 aromatic heterocycles. The zero-order chi connectivity index (χ0) is 23.1. The van der Waals surface area contributed by atoms with Gasteiger partial charge in [0.15, 0.2) is 0 Å². The molecule has 2 aliphatic rings. The maximum absolute atomic E-state index is 9.99. The molecule has 2 unspecified atom stereocenters. The van der Waals surface area contributed by atoms with Crippen LogP contribution in [0.15, 0.2) is 60.3 Å². The number of hydrogen-bond acceptors (Lipinski definition) is 6. The second-order valence-electron chi connectivity index (χ2n) is 9.26. The van der Waals surface area contributed by atoms with Crippen molar-refractivity contribution in [1.29, 1.82) is 5.26 Å². The van der Waals surface area contributed by atoms with Crippen LogP contribution in [0.1, 0.15) is 44.0 Å². The summed E-state index contributed by atoms with van der Waals surface area (Å²) in [6.45, 7) is 5.13. The fourth-order valence-electron chi connectivity index (χ4n) is 4.36. The van der Waals surface area contributed by atoms with E-state index in [1.54, 1.807) is 0 Å². The first-order valence-corrected chi connectivity index (χ1v) is 11.9. The Hall–Kier alpha value is -2.85. The number of piperazine rings is 1. The maximum Gasteiger partial charge on any atom is 0.128 e. The molecule has 2 atom stereocenters. The molecule has 172 valence electrons. The first-order valence-electron chi connectivity index (χ1n) is 11.9. The van der Waals surface area contributed by atoms with Gasteiger partial charge in [0.2, 0.25) is 0 Å². The summed E-state index contributed by atoms with van der Waals surface area (Å²) < 4.78 is 0. The number of hydrogen-bond donors (Lipinski definition) is 2. The van der Waals surface area contributed by atoms with Gasteiger partial charge in [0.1, 0.15) is 11.9 Å². The highest BCUT2D eigenvalue weighted by Crippen LogP contribution is 2.24. The smallest absolute Gasteiger partial charge is 0.128 e. The molecule has 1 saturated heterocycles. The fraction of sp³-hybridized carbons (Fsp3) is 0.444. The van der Waals surface area contributed by atoms with Gasteiger partial charge in [-0.05, 0) is 50.3 Å². The summed E-state index contributed by atoms with van der Waals surface area (Å²) in [4.78, 5) is 11.5. The summed E-state index contributed by atoms with van der Waals surface area (Å²) >= 11 is 0. The van der Waals surface area contributed by atoms with Crippen molar-refractivity contribution < 1.29 is 5.11 Å². The summed E-state index contributed by atoms with van der Waals surface area (Å²) in [5.74, 6) is 0.876. The van der Waals surface area contributed by atoms with Crippen molar-refractivity contribution in [2.24, 2.45) is 0 Å². The van der Waals surface area contributed by atoms with E-state index >= 15 is 0 Å². The van der Waals surface area contributed by atoms with Crippen LogP contribution in [0.25, 0.3) is 11.3 Å². The average molecular weight is 444 g/mol. The van der Waals surface area contributed by atoms with Gasteiger partial charge in [-0.15, -0.1) is 0 Å². The van der Waals surface area contributed by atoms with Gasteiger partial charge in [-0.2, -0.15) is 5.26 Å². The van der Waals surface area contributed by atoms with Crippen LogP contribution in [0, 0.1) is 11.3 Å². The number of allylic oxidation sites excluding steroid dienone is 2. The third-order valence-corrected chi connectivity index (χ3v) is 6.37. The Morgan fingerprint density at radius 3 is 2.97 bits per heavy atom. The Morgan fingerprint density at radius 1 is 1.27 bits per heavy atom. The van der Waals surface area contributed by atoms with E-state index in [9.17, 15) is 10.4 Å². The number of unbranched alkanes of at least 4 members (excludes halogenated alkanes) is 1. The van der Waals surface area contributed by atoms with Gasteiger partial charge in [-0.25, -0.2) is 9.97 Å². The predicted octanol–water partition coefficient (Wildman–Crippen LogP) is 3.79. The quantitative estimate of drug-likeness (QED) is 0.604. The number of nitrogens with zero attached hydrogens (tertiary/aromatic N) is 4. The average Bonchev–Trinajstić information content (AvgIpc) is 2.83. The molecule has 0 bridgehead atoms. The SMILES string of the molecule is CC1(O)C=CC(CCCCc2nccc(-c3cccc(CN4CCNCC4C#N)c3)n2)=CC1. The van der Waals surface area contributed by atoms with Crippen molar-refractivity contribution in [1.82, 2.24) is 20.2 Å². The molecule has 0 amide bonds. The lowest BCUT2D eigenvalue weighted by atomic mass is 9.92. The van der Waals surface area contributed by atoms with Crippen LogP contribution < -0.4 is 5.32 Å². The van der Waals surface area contributed by atoms with Gasteiger partial charge >= 0.3 is 0 Å². The lowest BCUT2D eigenvalue weighted by Crippen LogP contribution is -2.49. The van der Waals surface area contributed by atoms with E-state index in [1.807, 2.05) is 31.3 Å². The van der Waals surface area contributed by atoms with E-state index in [0.717, 1.165) is 68.9 Å². The van der Waals surface area contributed by atoms with E-state index in [2.05, 4.69) is 51.6 Å². The zero-order valence-corrected chi connectivity index (χ0v) is 19.4. The molecule has 6 heteroatoms. The van der Waals surface area contributed by atoms with E-state index in [1.165, 1.54) is 11.1 Å². The van der Waals surface area contributed by atoms with Gasteiger partial charge in [-0.3, -0.25) is 4.90 Å². The largest absolute Gasteiger partial charge is 0.386 e. The molecular weight excluding hydrogens is 410 g/mol. The lowest BCUT2D eigenvalue weighted by Gasteiger charge is -2.31. The van der Waals surface area contributed by atoms with Crippen LogP contribution in [0.4, 0.5) is 0 Å². The van der Waals surface area contributed by atoms with Gasteiger partial charge in [0.05, 0.1) is 17.4 Å². The van der Waals surface area contributed by atoms with Crippen molar-refractivity contribution >= 4 is 0 Å². The summed E-state index contributed by atoms with van der Waals surface area (Å²) in [5.41, 5.74) is 3.83. The Labute approximate surface area is 196 Å². The molecule has 2 aromatic rings. The molecule has 0 spiro atoms. The monoisotopic (exact) mass is 443 g/mol. The van der Waals surface area contributed by atoms with E-state index in [-0.39, 0.29) is 6.04 Å². The van der Waals surface area contributed by atoms with Crippen molar-refractivity contribution in [2.45, 2.75) is 57.2 Å². The zero-order valence-electron chi connectivity index (χ0n) is 19.4. The highest BCUT2D eigenvalue weighted by atomic mass is 16.3. The van der Waals surface area contributed by atoms with Crippen LogP contribution in [-0.2, 0) is 13.0 Å². The number of aromatic nitrogens is 2. The van der Waals surface area contributed by atoms with Crippen LogP contribution in [-0.4, -0.2) is 51.3 Å². The van der Waals surface area contributed by atoms with E-state index < -0.39 is 5.60 Å². The summed E-state index contributed by atoms with van der Waals surface area (Å²) in [5, 5.41) is 22.7. The number of rotatable bonds is 8. The van der Waals surface area contributed by atoms with Crippen molar-refractivity contribution in [2.75, 3.05) is 19.6 Å². The molecule has 0 radical (unpaired) electrons. The van der Waals surface area contributed by atoms with Crippen LogP contribution in [0.2, 0.25) is 0 Å². The minimum Gasteiger partial charge on any atom is -0.386 e. The lowest BCUT2D eigenvalue weighted by molar-refractivity contribution is 0.113. The molecule has 6 nitrogen and oxygen atoms in total. The Kier molecular flexibility index (Phi) is 7.66. The predicted molar refractivity (Wildman–Crippen MR) is 130 cm³/mol. The molecule has 2 N–H and O–H groups in total. The van der Waals surface area contributed by atoms with E-state index in [4.69, 9.17) is 4.98 Å². The van der Waals surface area contributed by atoms with Gasteiger partial charge < -0.3 is 10.4 Å². The third-order valence-electron chi connectivity index (χ3n) is 6.37. The number of benzene rings is 1. The molecule has 1 fully saturated rings. The van der Waals surface area contributed by atoms with Crippen LogP contribution >= 0.6 is 0 Å². The minimum absolute atomic E-state index is 0.0823. The standard InChI is InChI=1S/C27H33N5O/c1-27(33)12-9-21(10-13-27)5-2-3-8-26-30-14-11-25(31-26)23-7-4-6-22(17-23)20-32-16-15-29-19-24(32)18-28/h4,6-7,9-12,14,17,24,29,33H,2-3,5,8,13,15-16,19-20H2,1H3. The Morgan fingerprint density at radius 2 is 2.15 bits per heavy atom. The molecule has 1 aliphatic carbocycles. The van der Waals surface area contributed by atoms with Crippen LogP contribution in [0.3, 0.4) is 0 Å². The molecule has 33 heavy (non-hydrogen) atoms. The second-order valence-corrected chi connectivity index (χ2v) is 9.26. The fourth-order valence-corrected chi connectivity index (χ4v) is 4.36. The summed E-state index contributed by atoms with van der Waals surface area (Å²) in [7, 11) is 0. The number of aryl methyl sites for hydroxylation is 1. The highest BCUT2D eigenvalue weighted by molar-refractivity contribution is 5.59. The highest BCUT2D eigenvalue weighted by Gasteiger charge is 2.21.